The average molecular weight is 142 g/mol. The topological polar surface area (TPSA) is 56.0 Å². The van der Waals surface area contributed by atoms with E-state index in [1.165, 1.54) is 11.5 Å². The first-order valence-electron chi connectivity index (χ1n) is 2.42. The van der Waals surface area contributed by atoms with Gasteiger partial charge in [0.25, 0.3) is 5.91 Å². The third kappa shape index (κ3) is 1.08. The van der Waals surface area contributed by atoms with Gasteiger partial charge in [0.05, 0.1) is 11.3 Å². The van der Waals surface area contributed by atoms with Crippen LogP contribution in [-0.4, -0.2) is 10.3 Å². The van der Waals surface area contributed by atoms with Crippen molar-refractivity contribution < 1.29 is 4.79 Å². The van der Waals surface area contributed by atoms with Crippen LogP contribution in [0.4, 0.5) is 0 Å². The number of primary amides is 1. The predicted molar refractivity (Wildman–Crippen MR) is 35.4 cm³/mol. The number of carbonyl (C=O) groups is 1. The second kappa shape index (κ2) is 2.14. The summed E-state index contributed by atoms with van der Waals surface area (Å²) >= 11 is 1.24. The lowest BCUT2D eigenvalue weighted by atomic mass is 10.3. The molecule has 0 saturated heterocycles. The monoisotopic (exact) mass is 142 g/mol. The van der Waals surface area contributed by atoms with Crippen LogP contribution < -0.4 is 5.73 Å². The summed E-state index contributed by atoms with van der Waals surface area (Å²) in [7, 11) is 0. The number of hydrogen-bond acceptors (Lipinski definition) is 3. The van der Waals surface area contributed by atoms with E-state index in [4.69, 9.17) is 5.73 Å². The van der Waals surface area contributed by atoms with Crippen LogP contribution in [0.3, 0.4) is 0 Å². The van der Waals surface area contributed by atoms with Crippen LogP contribution >= 0.6 is 11.5 Å². The number of aryl methyl sites for hydroxylation is 1. The molecule has 0 aliphatic heterocycles. The highest BCUT2D eigenvalue weighted by Crippen LogP contribution is 2.06. The Bertz CT molecular complexity index is 231. The summed E-state index contributed by atoms with van der Waals surface area (Å²) in [5.74, 6) is -0.402. The minimum atomic E-state index is -0.402. The van der Waals surface area contributed by atoms with Gasteiger partial charge in [-0.2, -0.15) is 4.37 Å². The Morgan fingerprint density at radius 3 is 2.78 bits per heavy atom. The number of nitrogens with two attached hydrogens (primary N) is 1. The third-order valence-electron chi connectivity index (χ3n) is 1.02. The highest BCUT2D eigenvalue weighted by atomic mass is 32.1. The molecular weight excluding hydrogens is 136 g/mol. The minimum absolute atomic E-state index is 0.402. The Hall–Kier alpha value is -0.900. The molecular formula is C5H6N2OS. The summed E-state index contributed by atoms with van der Waals surface area (Å²) in [5.41, 5.74) is 6.23. The quantitative estimate of drug-likeness (QED) is 0.622. The van der Waals surface area contributed by atoms with Crippen LogP contribution in [0, 0.1) is 6.92 Å². The smallest absolute Gasteiger partial charge is 0.251 e. The molecule has 1 amide bonds. The van der Waals surface area contributed by atoms with Crippen LogP contribution in [0.15, 0.2) is 5.38 Å². The van der Waals surface area contributed by atoms with E-state index in [0.29, 0.717) is 11.3 Å². The molecule has 4 heteroatoms. The summed E-state index contributed by atoms with van der Waals surface area (Å²) in [6.45, 7) is 1.76. The molecule has 9 heavy (non-hydrogen) atoms. The maximum absolute atomic E-state index is 10.5. The van der Waals surface area contributed by atoms with Crippen molar-refractivity contribution in [2.45, 2.75) is 6.92 Å². The molecule has 48 valence electrons. The van der Waals surface area contributed by atoms with Crippen LogP contribution in [0.2, 0.25) is 0 Å². The molecule has 1 heterocycles. The van der Waals surface area contributed by atoms with E-state index < -0.39 is 5.91 Å². The van der Waals surface area contributed by atoms with Crippen LogP contribution in [0.5, 0.6) is 0 Å². The molecule has 1 aromatic heterocycles. The van der Waals surface area contributed by atoms with Crippen LogP contribution in [0.1, 0.15) is 16.1 Å². The second-order valence-electron chi connectivity index (χ2n) is 1.68. The number of amides is 1. The average Bonchev–Trinajstić information content (AvgIpc) is 2.13. The van der Waals surface area contributed by atoms with E-state index in [0.717, 1.165) is 0 Å². The molecule has 1 rings (SSSR count). The van der Waals surface area contributed by atoms with Gasteiger partial charge in [-0.05, 0) is 18.5 Å². The van der Waals surface area contributed by atoms with Crippen molar-refractivity contribution >= 4 is 17.4 Å². The molecule has 0 saturated carbocycles. The van der Waals surface area contributed by atoms with Gasteiger partial charge in [-0.25, -0.2) is 0 Å². The van der Waals surface area contributed by atoms with E-state index >= 15 is 0 Å². The fourth-order valence-electron chi connectivity index (χ4n) is 0.529. The van der Waals surface area contributed by atoms with Crippen LogP contribution in [0.25, 0.3) is 0 Å². The van der Waals surface area contributed by atoms with Gasteiger partial charge in [0.15, 0.2) is 0 Å². The molecule has 2 N–H and O–H groups in total. The van der Waals surface area contributed by atoms with Crippen molar-refractivity contribution in [3.05, 3.63) is 16.6 Å². The van der Waals surface area contributed by atoms with Gasteiger partial charge in [0.1, 0.15) is 0 Å². The van der Waals surface area contributed by atoms with E-state index in [1.54, 1.807) is 12.3 Å². The molecule has 0 radical (unpaired) electrons. The first-order chi connectivity index (χ1) is 4.22. The molecule has 3 nitrogen and oxygen atoms in total. The van der Waals surface area contributed by atoms with Crippen molar-refractivity contribution in [3.63, 3.8) is 0 Å². The fourth-order valence-corrected chi connectivity index (χ4v) is 1.23. The summed E-state index contributed by atoms with van der Waals surface area (Å²) in [4.78, 5) is 10.5. The van der Waals surface area contributed by atoms with E-state index in [-0.39, 0.29) is 0 Å². The van der Waals surface area contributed by atoms with Crippen molar-refractivity contribution in [1.29, 1.82) is 0 Å². The van der Waals surface area contributed by atoms with E-state index in [2.05, 4.69) is 4.37 Å². The number of rotatable bonds is 1. The summed E-state index contributed by atoms with van der Waals surface area (Å²) in [5, 5.41) is 1.65. The van der Waals surface area contributed by atoms with Gasteiger partial charge >= 0.3 is 0 Å². The predicted octanol–water partition coefficient (Wildman–Crippen LogP) is 0.550. The number of hydrogen-bond donors (Lipinski definition) is 1. The Kier molecular flexibility index (Phi) is 1.48. The molecule has 0 fully saturated rings. The number of carbonyl (C=O) groups excluding carboxylic acids is 1. The summed E-state index contributed by atoms with van der Waals surface area (Å²) in [6.07, 6.45) is 0. The fraction of sp³-hybridized carbons (Fsp3) is 0.200. The van der Waals surface area contributed by atoms with Gasteiger partial charge in [0, 0.05) is 5.38 Å². The van der Waals surface area contributed by atoms with E-state index in [1.807, 2.05) is 0 Å². The zero-order valence-corrected chi connectivity index (χ0v) is 5.73. The molecule has 0 spiro atoms. The standard InChI is InChI=1S/C5H6N2OS/c1-3-4(5(6)8)2-9-7-3/h2H,1H3,(H2,6,8). The van der Waals surface area contributed by atoms with Gasteiger partial charge in [0.2, 0.25) is 0 Å². The Balaban J connectivity index is 3.08. The second-order valence-corrected chi connectivity index (χ2v) is 2.31. The first-order valence-corrected chi connectivity index (χ1v) is 3.26. The van der Waals surface area contributed by atoms with Gasteiger partial charge in [-0.15, -0.1) is 0 Å². The summed E-state index contributed by atoms with van der Waals surface area (Å²) < 4.78 is 3.88. The Morgan fingerprint density at radius 1 is 1.89 bits per heavy atom. The van der Waals surface area contributed by atoms with Crippen molar-refractivity contribution in [3.8, 4) is 0 Å². The molecule has 0 bridgehead atoms. The lowest BCUT2D eigenvalue weighted by Gasteiger charge is -1.86. The third-order valence-corrected chi connectivity index (χ3v) is 1.74. The maximum Gasteiger partial charge on any atom is 0.251 e. The van der Waals surface area contributed by atoms with Crippen molar-refractivity contribution in [2.75, 3.05) is 0 Å². The molecule has 0 aliphatic rings. The lowest BCUT2D eigenvalue weighted by molar-refractivity contribution is 0.1000. The zero-order chi connectivity index (χ0) is 6.85. The molecule has 0 unspecified atom stereocenters. The summed E-state index contributed by atoms with van der Waals surface area (Å²) in [6, 6.07) is 0. The van der Waals surface area contributed by atoms with Crippen molar-refractivity contribution in [2.24, 2.45) is 5.73 Å². The molecule has 0 atom stereocenters. The Labute approximate surface area is 56.7 Å². The first kappa shape index (κ1) is 6.22. The minimum Gasteiger partial charge on any atom is -0.366 e. The van der Waals surface area contributed by atoms with Gasteiger partial charge in [-0.1, -0.05) is 0 Å². The van der Waals surface area contributed by atoms with Gasteiger partial charge in [-0.3, -0.25) is 4.79 Å². The normalized spacial score (nSPS) is 9.44. The highest BCUT2D eigenvalue weighted by molar-refractivity contribution is 7.03. The Morgan fingerprint density at radius 2 is 2.56 bits per heavy atom. The number of nitrogens with zero attached hydrogens (tertiary/aromatic N) is 1. The zero-order valence-electron chi connectivity index (χ0n) is 4.92. The van der Waals surface area contributed by atoms with Crippen LogP contribution in [-0.2, 0) is 0 Å². The molecule has 0 aliphatic carbocycles. The molecule has 1 aromatic rings. The maximum atomic E-state index is 10.5. The highest BCUT2D eigenvalue weighted by Gasteiger charge is 2.04. The molecule has 0 aromatic carbocycles. The van der Waals surface area contributed by atoms with Gasteiger partial charge < -0.3 is 5.73 Å². The van der Waals surface area contributed by atoms with Crippen molar-refractivity contribution in [1.82, 2.24) is 4.37 Å². The van der Waals surface area contributed by atoms with E-state index in [9.17, 15) is 4.79 Å². The largest absolute Gasteiger partial charge is 0.366 e. The number of aromatic nitrogens is 1. The SMILES string of the molecule is Cc1nscc1C(N)=O. The lowest BCUT2D eigenvalue weighted by Crippen LogP contribution is -2.10.